The maximum atomic E-state index is 13.1. The van der Waals surface area contributed by atoms with Crippen molar-refractivity contribution in [3.8, 4) is 5.69 Å². The molecule has 9 heteroatoms. The highest BCUT2D eigenvalue weighted by atomic mass is 16.5. The third-order valence-electron chi connectivity index (χ3n) is 5.39. The summed E-state index contributed by atoms with van der Waals surface area (Å²) in [5, 5.41) is 4.16. The average Bonchev–Trinajstić information content (AvgIpc) is 2.77. The molecular weight excluding hydrogens is 400 g/mol. The van der Waals surface area contributed by atoms with Crippen LogP contribution >= 0.6 is 0 Å². The lowest BCUT2D eigenvalue weighted by Gasteiger charge is -2.30. The second kappa shape index (κ2) is 9.72. The average molecular weight is 428 g/mol. The molecule has 2 heterocycles. The highest BCUT2D eigenvalue weighted by Crippen LogP contribution is 2.19. The molecule has 3 rings (SSSR count). The Bertz CT molecular complexity index is 1060. The van der Waals surface area contributed by atoms with Crippen molar-refractivity contribution in [1.82, 2.24) is 19.2 Å². The van der Waals surface area contributed by atoms with E-state index >= 15 is 0 Å². The number of aryl methyl sites for hydroxylation is 1. The number of benzene rings is 1. The van der Waals surface area contributed by atoms with Gasteiger partial charge < -0.3 is 9.64 Å². The topological polar surface area (TPSA) is 104 Å². The first-order valence-corrected chi connectivity index (χ1v) is 10.6. The summed E-state index contributed by atoms with van der Waals surface area (Å²) in [5.74, 6) is -1.04. The number of hydrogen-bond acceptors (Lipinski definition) is 6. The zero-order valence-electron chi connectivity index (χ0n) is 18.2. The molecule has 1 aromatic carbocycles. The van der Waals surface area contributed by atoms with Crippen LogP contribution in [0.15, 0.2) is 33.9 Å². The van der Waals surface area contributed by atoms with E-state index in [1.165, 1.54) is 4.90 Å². The number of hydrogen-bond donors (Lipinski definition) is 0. The van der Waals surface area contributed by atoms with Crippen LogP contribution in [0.4, 0.5) is 0 Å². The third-order valence-corrected chi connectivity index (χ3v) is 5.39. The van der Waals surface area contributed by atoms with Crippen molar-refractivity contribution in [2.45, 2.75) is 46.6 Å². The summed E-state index contributed by atoms with van der Waals surface area (Å²) in [6.07, 6.45) is 1.49. The maximum Gasteiger partial charge on any atom is 0.352 e. The first kappa shape index (κ1) is 22.5. The second-order valence-corrected chi connectivity index (χ2v) is 7.65. The number of carbonyl (C=O) groups excluding carboxylic acids is 2. The van der Waals surface area contributed by atoms with Crippen molar-refractivity contribution < 1.29 is 14.3 Å². The molecule has 9 nitrogen and oxygen atoms in total. The van der Waals surface area contributed by atoms with E-state index in [0.29, 0.717) is 44.6 Å². The van der Waals surface area contributed by atoms with Crippen LogP contribution in [0.1, 0.15) is 49.2 Å². The minimum Gasteiger partial charge on any atom is -0.466 e. The summed E-state index contributed by atoms with van der Waals surface area (Å²) in [6, 6.07) is 7.12. The summed E-state index contributed by atoms with van der Waals surface area (Å²) in [5.41, 5.74) is -0.0563. The van der Waals surface area contributed by atoms with Crippen molar-refractivity contribution in [1.29, 1.82) is 0 Å². The second-order valence-electron chi connectivity index (χ2n) is 7.65. The summed E-state index contributed by atoms with van der Waals surface area (Å²) in [6.45, 7) is 6.68. The van der Waals surface area contributed by atoms with Crippen molar-refractivity contribution in [2.75, 3.05) is 19.7 Å². The van der Waals surface area contributed by atoms with Crippen LogP contribution in [0, 0.1) is 12.8 Å². The number of rotatable bonds is 6. The van der Waals surface area contributed by atoms with Gasteiger partial charge in [0, 0.05) is 19.6 Å². The van der Waals surface area contributed by atoms with E-state index in [4.69, 9.17) is 4.74 Å². The van der Waals surface area contributed by atoms with E-state index in [1.807, 2.05) is 26.0 Å². The van der Waals surface area contributed by atoms with Gasteiger partial charge in [-0.25, -0.2) is 4.79 Å². The van der Waals surface area contributed by atoms with Crippen molar-refractivity contribution in [3.05, 3.63) is 56.4 Å². The van der Waals surface area contributed by atoms with Crippen LogP contribution in [0.2, 0.25) is 0 Å². The van der Waals surface area contributed by atoms with E-state index in [-0.39, 0.29) is 24.1 Å². The normalized spacial score (nSPS) is 14.5. The van der Waals surface area contributed by atoms with Crippen LogP contribution in [-0.2, 0) is 16.1 Å². The summed E-state index contributed by atoms with van der Waals surface area (Å²) >= 11 is 0. The number of amides is 1. The van der Waals surface area contributed by atoms with E-state index in [2.05, 4.69) is 5.10 Å². The SMILES string of the molecule is CCCn1c(=O)c(C(=O)N2CCC(C(=O)OCC)CC2)nn(-c2ccc(C)cc2)c1=O. The third kappa shape index (κ3) is 4.76. The molecule has 1 amide bonds. The highest BCUT2D eigenvalue weighted by molar-refractivity contribution is 5.92. The Kier molecular flexibility index (Phi) is 7.04. The molecule has 1 aliphatic heterocycles. The predicted octanol–water partition coefficient (Wildman–Crippen LogP) is 1.53. The van der Waals surface area contributed by atoms with Gasteiger partial charge in [-0.15, -0.1) is 0 Å². The van der Waals surface area contributed by atoms with Gasteiger partial charge in [-0.05, 0) is 45.2 Å². The van der Waals surface area contributed by atoms with Gasteiger partial charge in [0.2, 0.25) is 5.69 Å². The van der Waals surface area contributed by atoms with Crippen LogP contribution in [0.5, 0.6) is 0 Å². The van der Waals surface area contributed by atoms with Gasteiger partial charge in [0.25, 0.3) is 11.5 Å². The molecule has 0 saturated carbocycles. The van der Waals surface area contributed by atoms with Gasteiger partial charge in [0.1, 0.15) is 0 Å². The van der Waals surface area contributed by atoms with Gasteiger partial charge in [-0.3, -0.25) is 19.0 Å². The number of nitrogens with zero attached hydrogens (tertiary/aromatic N) is 4. The number of carbonyl (C=O) groups is 2. The van der Waals surface area contributed by atoms with Gasteiger partial charge in [-0.2, -0.15) is 9.78 Å². The zero-order chi connectivity index (χ0) is 22.5. The van der Waals surface area contributed by atoms with Crippen molar-refractivity contribution in [3.63, 3.8) is 0 Å². The first-order chi connectivity index (χ1) is 14.9. The Hall–Kier alpha value is -3.23. The Morgan fingerprint density at radius 2 is 1.74 bits per heavy atom. The van der Waals surface area contributed by atoms with E-state index in [9.17, 15) is 19.2 Å². The van der Waals surface area contributed by atoms with Gasteiger partial charge in [0.15, 0.2) is 0 Å². The Balaban J connectivity index is 1.94. The summed E-state index contributed by atoms with van der Waals surface area (Å²) in [7, 11) is 0. The number of ether oxygens (including phenoxy) is 1. The standard InChI is InChI=1S/C22H28N4O5/c1-4-12-25-20(28)18(23-26(22(25)30)17-8-6-15(3)7-9-17)19(27)24-13-10-16(11-14-24)21(29)31-5-2/h6-9,16H,4-5,10-14H2,1-3H3. The van der Waals surface area contributed by atoms with E-state index in [0.717, 1.165) is 14.8 Å². The van der Waals surface area contributed by atoms with Crippen LogP contribution in [0.3, 0.4) is 0 Å². The van der Waals surface area contributed by atoms with E-state index in [1.54, 1.807) is 19.1 Å². The fourth-order valence-electron chi connectivity index (χ4n) is 3.65. The molecule has 0 N–H and O–H groups in total. The molecule has 31 heavy (non-hydrogen) atoms. The first-order valence-electron chi connectivity index (χ1n) is 10.6. The fraction of sp³-hybridized carbons (Fsp3) is 0.500. The molecule has 2 aromatic rings. The lowest BCUT2D eigenvalue weighted by molar-refractivity contribution is -0.149. The minimum atomic E-state index is -0.687. The Morgan fingerprint density at radius 3 is 2.32 bits per heavy atom. The van der Waals surface area contributed by atoms with Gasteiger partial charge in [-0.1, -0.05) is 24.6 Å². The number of likely N-dealkylation sites (tertiary alicyclic amines) is 1. The Labute approximate surface area is 180 Å². The van der Waals surface area contributed by atoms with Crippen LogP contribution in [-0.4, -0.2) is 50.8 Å². The molecule has 0 bridgehead atoms. The largest absolute Gasteiger partial charge is 0.466 e. The molecule has 1 saturated heterocycles. The fourth-order valence-corrected chi connectivity index (χ4v) is 3.65. The molecule has 0 radical (unpaired) electrons. The molecule has 0 spiro atoms. The summed E-state index contributed by atoms with van der Waals surface area (Å²) in [4.78, 5) is 52.4. The number of piperidine rings is 1. The van der Waals surface area contributed by atoms with Gasteiger partial charge in [0.05, 0.1) is 18.2 Å². The zero-order valence-corrected chi connectivity index (χ0v) is 18.2. The highest BCUT2D eigenvalue weighted by Gasteiger charge is 2.31. The smallest absolute Gasteiger partial charge is 0.352 e. The molecule has 166 valence electrons. The summed E-state index contributed by atoms with van der Waals surface area (Å²) < 4.78 is 7.23. The lowest BCUT2D eigenvalue weighted by atomic mass is 9.97. The lowest BCUT2D eigenvalue weighted by Crippen LogP contribution is -2.48. The molecule has 0 atom stereocenters. The van der Waals surface area contributed by atoms with Crippen LogP contribution in [0.25, 0.3) is 5.69 Å². The monoisotopic (exact) mass is 428 g/mol. The molecule has 0 aliphatic carbocycles. The van der Waals surface area contributed by atoms with E-state index < -0.39 is 17.2 Å². The Morgan fingerprint density at radius 1 is 1.10 bits per heavy atom. The van der Waals surface area contributed by atoms with Gasteiger partial charge >= 0.3 is 11.7 Å². The number of esters is 1. The van der Waals surface area contributed by atoms with Crippen molar-refractivity contribution >= 4 is 11.9 Å². The quantitative estimate of drug-likeness (QED) is 0.647. The number of aromatic nitrogens is 3. The maximum absolute atomic E-state index is 13.1. The van der Waals surface area contributed by atoms with Crippen molar-refractivity contribution in [2.24, 2.45) is 5.92 Å². The molecule has 1 fully saturated rings. The van der Waals surface area contributed by atoms with Crippen LogP contribution < -0.4 is 11.2 Å². The minimum absolute atomic E-state index is 0.192. The predicted molar refractivity (Wildman–Crippen MR) is 114 cm³/mol. The molecule has 0 unspecified atom stereocenters. The molecule has 1 aromatic heterocycles. The molecular formula is C22H28N4O5. The molecule has 1 aliphatic rings.